The second kappa shape index (κ2) is 2.60. The van der Waals surface area contributed by atoms with Crippen LogP contribution in [-0.4, -0.2) is 36.0 Å². The maximum Gasteiger partial charge on any atom is 0.158 e. The molecule has 3 heteroatoms. The van der Waals surface area contributed by atoms with Crippen molar-refractivity contribution < 1.29 is 0 Å². The van der Waals surface area contributed by atoms with Crippen molar-refractivity contribution in [3.63, 3.8) is 0 Å². The van der Waals surface area contributed by atoms with E-state index in [-0.39, 0.29) is 0 Å². The minimum absolute atomic E-state index is 0.661. The Morgan fingerprint density at radius 2 is 2.44 bits per heavy atom. The van der Waals surface area contributed by atoms with Gasteiger partial charge < -0.3 is 4.90 Å². The molecular formula is C6H12N2S. The van der Waals surface area contributed by atoms with Crippen LogP contribution in [-0.2, 0) is 0 Å². The quantitative estimate of drug-likeness (QED) is 0.505. The zero-order valence-corrected chi connectivity index (χ0v) is 6.90. The van der Waals surface area contributed by atoms with Gasteiger partial charge >= 0.3 is 0 Å². The van der Waals surface area contributed by atoms with E-state index in [1.807, 2.05) is 18.8 Å². The number of rotatable bonds is 0. The summed E-state index contributed by atoms with van der Waals surface area (Å²) in [7, 11) is 3.93. The van der Waals surface area contributed by atoms with Crippen LogP contribution in [0.2, 0.25) is 0 Å². The molecular weight excluding hydrogens is 132 g/mol. The highest BCUT2D eigenvalue weighted by Gasteiger charge is 2.21. The summed E-state index contributed by atoms with van der Waals surface area (Å²) in [5.74, 6) is 1.18. The first-order valence-electron chi connectivity index (χ1n) is 3.08. The lowest BCUT2D eigenvalue weighted by molar-refractivity contribution is 0.442. The summed E-state index contributed by atoms with van der Waals surface area (Å²) in [6.07, 6.45) is 0. The molecule has 1 saturated heterocycles. The molecule has 0 saturated carbocycles. The van der Waals surface area contributed by atoms with E-state index in [9.17, 15) is 0 Å². The number of hydrogen-bond acceptors (Lipinski definition) is 2. The summed E-state index contributed by atoms with van der Waals surface area (Å²) >= 11 is 1.83. The highest BCUT2D eigenvalue weighted by atomic mass is 32.2. The fourth-order valence-corrected chi connectivity index (χ4v) is 1.95. The Morgan fingerprint density at radius 1 is 1.78 bits per heavy atom. The van der Waals surface area contributed by atoms with E-state index in [0.29, 0.717) is 6.04 Å². The second-order valence-corrected chi connectivity index (χ2v) is 3.26. The third-order valence-electron chi connectivity index (χ3n) is 1.61. The van der Waals surface area contributed by atoms with Crippen molar-refractivity contribution >= 4 is 16.9 Å². The van der Waals surface area contributed by atoms with Crippen LogP contribution in [0.1, 0.15) is 6.92 Å². The fraction of sp³-hybridized carbons (Fsp3) is 0.833. The van der Waals surface area contributed by atoms with Crippen LogP contribution < -0.4 is 0 Å². The van der Waals surface area contributed by atoms with Gasteiger partial charge in [0.2, 0.25) is 0 Å². The topological polar surface area (TPSA) is 15.6 Å². The lowest BCUT2D eigenvalue weighted by Crippen LogP contribution is -2.26. The Labute approximate surface area is 60.3 Å². The highest BCUT2D eigenvalue weighted by Crippen LogP contribution is 2.20. The van der Waals surface area contributed by atoms with Gasteiger partial charge in [-0.15, -0.1) is 0 Å². The maximum absolute atomic E-state index is 4.12. The Kier molecular flexibility index (Phi) is 2.01. The molecule has 0 bridgehead atoms. The van der Waals surface area contributed by atoms with Gasteiger partial charge in [0.05, 0.1) is 0 Å². The predicted octanol–water partition coefficient (Wildman–Crippen LogP) is 1.04. The summed E-state index contributed by atoms with van der Waals surface area (Å²) in [6.45, 7) is 2.21. The molecule has 0 aliphatic carbocycles. The largest absolute Gasteiger partial charge is 0.351 e. The zero-order valence-electron chi connectivity index (χ0n) is 6.09. The van der Waals surface area contributed by atoms with Gasteiger partial charge in [-0.25, -0.2) is 0 Å². The molecule has 1 heterocycles. The average molecular weight is 144 g/mol. The van der Waals surface area contributed by atoms with Crippen LogP contribution >= 0.6 is 11.8 Å². The molecule has 1 unspecified atom stereocenters. The normalized spacial score (nSPS) is 32.1. The molecule has 0 aromatic heterocycles. The molecule has 0 aromatic carbocycles. The molecule has 0 amide bonds. The smallest absolute Gasteiger partial charge is 0.158 e. The van der Waals surface area contributed by atoms with Crippen LogP contribution in [0.5, 0.6) is 0 Å². The predicted molar refractivity (Wildman–Crippen MR) is 43.0 cm³/mol. The van der Waals surface area contributed by atoms with E-state index in [1.54, 1.807) is 0 Å². The minimum Gasteiger partial charge on any atom is -0.351 e. The summed E-state index contributed by atoms with van der Waals surface area (Å²) in [4.78, 5) is 6.34. The van der Waals surface area contributed by atoms with Crippen LogP contribution in [0.25, 0.3) is 0 Å². The number of aliphatic imine (C=N–C) groups is 1. The minimum atomic E-state index is 0.661. The van der Waals surface area contributed by atoms with Gasteiger partial charge in [-0.3, -0.25) is 4.99 Å². The van der Waals surface area contributed by atoms with Crippen LogP contribution in [0.3, 0.4) is 0 Å². The fourth-order valence-electron chi connectivity index (χ4n) is 0.820. The molecule has 0 radical (unpaired) electrons. The van der Waals surface area contributed by atoms with E-state index in [0.717, 1.165) is 0 Å². The molecule has 0 spiro atoms. The summed E-state index contributed by atoms with van der Waals surface area (Å²) in [6, 6.07) is 0.661. The van der Waals surface area contributed by atoms with Gasteiger partial charge in [-0.05, 0) is 6.92 Å². The molecule has 9 heavy (non-hydrogen) atoms. The van der Waals surface area contributed by atoms with Crippen LogP contribution in [0, 0.1) is 0 Å². The monoisotopic (exact) mass is 144 g/mol. The van der Waals surface area contributed by atoms with Gasteiger partial charge in [0, 0.05) is 25.9 Å². The molecule has 1 aliphatic heterocycles. The lowest BCUT2D eigenvalue weighted by Gasteiger charge is -2.15. The van der Waals surface area contributed by atoms with Crippen molar-refractivity contribution in [3.8, 4) is 0 Å². The van der Waals surface area contributed by atoms with Crippen LogP contribution in [0.4, 0.5) is 0 Å². The number of hydrogen-bond donors (Lipinski definition) is 0. The molecule has 1 atom stereocenters. The third kappa shape index (κ3) is 1.21. The SMILES string of the molecule is CN=C1SCC(C)N1C. The zero-order chi connectivity index (χ0) is 6.85. The van der Waals surface area contributed by atoms with E-state index in [4.69, 9.17) is 0 Å². The molecule has 52 valence electrons. The molecule has 1 aliphatic rings. The van der Waals surface area contributed by atoms with Crippen molar-refractivity contribution in [3.05, 3.63) is 0 Å². The van der Waals surface area contributed by atoms with Gasteiger partial charge in [0.25, 0.3) is 0 Å². The maximum atomic E-state index is 4.12. The first kappa shape index (κ1) is 6.93. The number of amidine groups is 1. The van der Waals surface area contributed by atoms with Gasteiger partial charge in [0.1, 0.15) is 0 Å². The van der Waals surface area contributed by atoms with E-state index in [2.05, 4.69) is 23.9 Å². The number of thioether (sulfide) groups is 1. The van der Waals surface area contributed by atoms with E-state index < -0.39 is 0 Å². The van der Waals surface area contributed by atoms with Crippen molar-refractivity contribution in [2.24, 2.45) is 4.99 Å². The summed E-state index contributed by atoms with van der Waals surface area (Å²) in [5.41, 5.74) is 0. The second-order valence-electron chi connectivity index (χ2n) is 2.28. The van der Waals surface area contributed by atoms with E-state index in [1.165, 1.54) is 10.9 Å². The molecule has 0 N–H and O–H groups in total. The first-order chi connectivity index (χ1) is 4.25. The summed E-state index contributed by atoms with van der Waals surface area (Å²) in [5, 5.41) is 1.17. The summed E-state index contributed by atoms with van der Waals surface area (Å²) < 4.78 is 0. The Morgan fingerprint density at radius 3 is 2.67 bits per heavy atom. The van der Waals surface area contributed by atoms with E-state index >= 15 is 0 Å². The van der Waals surface area contributed by atoms with Gasteiger partial charge in [-0.2, -0.15) is 0 Å². The third-order valence-corrected chi connectivity index (χ3v) is 2.99. The standard InChI is InChI=1S/C6H12N2S/c1-5-4-9-6(7-2)8(5)3/h5H,4H2,1-3H3. The van der Waals surface area contributed by atoms with Crippen molar-refractivity contribution in [2.45, 2.75) is 13.0 Å². The van der Waals surface area contributed by atoms with Crippen molar-refractivity contribution in [2.75, 3.05) is 19.8 Å². The van der Waals surface area contributed by atoms with Gasteiger partial charge in [0.15, 0.2) is 5.17 Å². The van der Waals surface area contributed by atoms with Gasteiger partial charge in [-0.1, -0.05) is 11.8 Å². The molecule has 1 fully saturated rings. The molecule has 1 rings (SSSR count). The van der Waals surface area contributed by atoms with Crippen molar-refractivity contribution in [1.82, 2.24) is 4.90 Å². The first-order valence-corrected chi connectivity index (χ1v) is 4.06. The highest BCUT2D eigenvalue weighted by molar-refractivity contribution is 8.14. The molecule has 0 aromatic rings. The Balaban J connectivity index is 2.62. The van der Waals surface area contributed by atoms with Crippen LogP contribution in [0.15, 0.2) is 4.99 Å². The number of nitrogens with zero attached hydrogens (tertiary/aromatic N) is 2. The Bertz CT molecular complexity index is 133. The Hall–Kier alpha value is -0.180. The molecule has 2 nitrogen and oxygen atoms in total. The average Bonchev–Trinajstić information content (AvgIpc) is 2.15. The lowest BCUT2D eigenvalue weighted by atomic mass is 10.4. The van der Waals surface area contributed by atoms with Crippen molar-refractivity contribution in [1.29, 1.82) is 0 Å².